The van der Waals surface area contributed by atoms with Crippen molar-refractivity contribution in [3.8, 4) is 0 Å². The third-order valence-electron chi connectivity index (χ3n) is 4.16. The highest BCUT2D eigenvalue weighted by molar-refractivity contribution is 7.89. The predicted octanol–water partition coefficient (Wildman–Crippen LogP) is 4.59. The zero-order valence-electron chi connectivity index (χ0n) is 16.6. The van der Waals surface area contributed by atoms with Crippen LogP contribution in [0.25, 0.3) is 11.0 Å². The number of sulfonamides is 1. The van der Waals surface area contributed by atoms with E-state index < -0.39 is 20.5 Å². The Morgan fingerprint density at radius 3 is 2.41 bits per heavy atom. The molecule has 0 aliphatic heterocycles. The highest BCUT2D eigenvalue weighted by Crippen LogP contribution is 2.32. The number of rotatable bonds is 6. The predicted molar refractivity (Wildman–Crippen MR) is 111 cm³/mol. The van der Waals surface area contributed by atoms with Crippen molar-refractivity contribution < 1.29 is 17.8 Å². The molecule has 0 unspecified atom stereocenters. The molecule has 2 N–H and O–H groups in total. The van der Waals surface area contributed by atoms with Gasteiger partial charge in [0.05, 0.1) is 15.9 Å². The Morgan fingerprint density at radius 2 is 1.79 bits per heavy atom. The number of nitrogens with one attached hydrogen (secondary N) is 2. The maximum atomic E-state index is 12.5. The number of furan rings is 1. The molecule has 0 saturated carbocycles. The standard InChI is InChI=1S/C20H23N3O5S/c1-13(19-11-14-7-5-6-8-18(14)28-19)21-16-10-9-15(12-17(16)23(24)25)29(26,27)22-20(2,3)4/h5-13,21-22H,1-4H3/t13-/m0/s1. The topological polar surface area (TPSA) is 114 Å². The van der Waals surface area contributed by atoms with Gasteiger partial charge in [0.2, 0.25) is 10.0 Å². The van der Waals surface area contributed by atoms with Crippen LogP contribution in [0.4, 0.5) is 11.4 Å². The third kappa shape index (κ3) is 4.75. The minimum Gasteiger partial charge on any atom is -0.459 e. The summed E-state index contributed by atoms with van der Waals surface area (Å²) in [6.07, 6.45) is 0. The second kappa shape index (κ2) is 7.49. The van der Waals surface area contributed by atoms with E-state index in [4.69, 9.17) is 4.42 Å². The van der Waals surface area contributed by atoms with E-state index in [2.05, 4.69) is 10.0 Å². The second-order valence-corrected chi connectivity index (χ2v) is 9.53. The normalized spacial score (nSPS) is 13.4. The van der Waals surface area contributed by atoms with Crippen molar-refractivity contribution in [2.45, 2.75) is 44.2 Å². The number of nitrogens with zero attached hydrogens (tertiary/aromatic N) is 1. The monoisotopic (exact) mass is 417 g/mol. The molecule has 3 rings (SSSR count). The van der Waals surface area contributed by atoms with Gasteiger partial charge in [0, 0.05) is 17.0 Å². The number of nitro benzene ring substituents is 1. The van der Waals surface area contributed by atoms with Crippen LogP contribution in [0, 0.1) is 10.1 Å². The first-order valence-electron chi connectivity index (χ1n) is 9.04. The van der Waals surface area contributed by atoms with E-state index in [0.29, 0.717) is 5.76 Å². The number of fused-ring (bicyclic) bond motifs is 1. The fourth-order valence-corrected chi connectivity index (χ4v) is 4.37. The Hall–Kier alpha value is -2.91. The van der Waals surface area contributed by atoms with E-state index in [-0.39, 0.29) is 22.3 Å². The molecular weight excluding hydrogens is 394 g/mol. The van der Waals surface area contributed by atoms with Gasteiger partial charge in [0.1, 0.15) is 17.0 Å². The SMILES string of the molecule is C[C@H](Nc1ccc(S(=O)(=O)NC(C)(C)C)cc1[N+](=O)[O-])c1cc2ccccc2o1. The average Bonchev–Trinajstić information content (AvgIpc) is 3.04. The molecule has 0 fully saturated rings. The molecule has 0 aliphatic carbocycles. The largest absolute Gasteiger partial charge is 0.459 e. The molecule has 2 aromatic carbocycles. The highest BCUT2D eigenvalue weighted by Gasteiger charge is 2.26. The lowest BCUT2D eigenvalue weighted by Gasteiger charge is -2.20. The summed E-state index contributed by atoms with van der Waals surface area (Å²) in [6, 6.07) is 12.8. The number of benzene rings is 2. The first-order valence-corrected chi connectivity index (χ1v) is 10.5. The van der Waals surface area contributed by atoms with E-state index in [1.165, 1.54) is 12.1 Å². The van der Waals surface area contributed by atoms with Gasteiger partial charge in [-0.1, -0.05) is 18.2 Å². The first kappa shape index (κ1) is 20.8. The van der Waals surface area contributed by atoms with Crippen LogP contribution < -0.4 is 10.0 Å². The number of anilines is 1. The molecule has 9 heteroatoms. The van der Waals surface area contributed by atoms with Gasteiger partial charge in [0.15, 0.2) is 0 Å². The molecule has 0 bridgehead atoms. The highest BCUT2D eigenvalue weighted by atomic mass is 32.2. The average molecular weight is 417 g/mol. The van der Waals surface area contributed by atoms with Crippen molar-refractivity contribution in [2.24, 2.45) is 0 Å². The van der Waals surface area contributed by atoms with Crippen molar-refractivity contribution in [3.05, 3.63) is 64.4 Å². The quantitative estimate of drug-likeness (QED) is 0.448. The zero-order chi connectivity index (χ0) is 21.4. The number of para-hydroxylation sites is 1. The van der Waals surface area contributed by atoms with Crippen molar-refractivity contribution in [1.29, 1.82) is 0 Å². The van der Waals surface area contributed by atoms with E-state index in [1.807, 2.05) is 37.3 Å². The molecule has 0 spiro atoms. The van der Waals surface area contributed by atoms with Crippen LogP contribution in [0.2, 0.25) is 0 Å². The Morgan fingerprint density at radius 1 is 1.10 bits per heavy atom. The fraction of sp³-hybridized carbons (Fsp3) is 0.300. The molecule has 1 heterocycles. The van der Waals surface area contributed by atoms with Crippen molar-refractivity contribution >= 4 is 32.4 Å². The van der Waals surface area contributed by atoms with Gasteiger partial charge >= 0.3 is 0 Å². The van der Waals surface area contributed by atoms with Crippen molar-refractivity contribution in [2.75, 3.05) is 5.32 Å². The van der Waals surface area contributed by atoms with Crippen LogP contribution in [0.5, 0.6) is 0 Å². The van der Waals surface area contributed by atoms with E-state index in [9.17, 15) is 18.5 Å². The van der Waals surface area contributed by atoms with Crippen LogP contribution in [0.1, 0.15) is 39.5 Å². The molecule has 0 amide bonds. The van der Waals surface area contributed by atoms with Gasteiger partial charge in [-0.05, 0) is 52.0 Å². The summed E-state index contributed by atoms with van der Waals surface area (Å²) in [5.74, 6) is 0.617. The van der Waals surface area contributed by atoms with Gasteiger partial charge in [-0.25, -0.2) is 13.1 Å². The lowest BCUT2D eigenvalue weighted by Crippen LogP contribution is -2.40. The number of nitro groups is 1. The fourth-order valence-electron chi connectivity index (χ4n) is 2.93. The molecular formula is C20H23N3O5S. The zero-order valence-corrected chi connectivity index (χ0v) is 17.4. The van der Waals surface area contributed by atoms with Crippen LogP contribution in [0.3, 0.4) is 0 Å². The molecule has 154 valence electrons. The number of hydrogen-bond donors (Lipinski definition) is 2. The van der Waals surface area contributed by atoms with Gasteiger partial charge in [0.25, 0.3) is 5.69 Å². The Balaban J connectivity index is 1.92. The minimum absolute atomic E-state index is 0.166. The summed E-state index contributed by atoms with van der Waals surface area (Å²) >= 11 is 0. The second-order valence-electron chi connectivity index (χ2n) is 7.84. The lowest BCUT2D eigenvalue weighted by molar-refractivity contribution is -0.384. The van der Waals surface area contributed by atoms with Crippen LogP contribution in [-0.2, 0) is 10.0 Å². The van der Waals surface area contributed by atoms with Crippen LogP contribution in [0.15, 0.2) is 57.8 Å². The Bertz CT molecular complexity index is 1130. The maximum absolute atomic E-state index is 12.5. The van der Waals surface area contributed by atoms with Crippen LogP contribution >= 0.6 is 0 Å². The van der Waals surface area contributed by atoms with Gasteiger partial charge in [-0.2, -0.15) is 0 Å². The summed E-state index contributed by atoms with van der Waals surface area (Å²) in [5, 5.41) is 15.5. The summed E-state index contributed by atoms with van der Waals surface area (Å²) < 4.78 is 33.3. The molecule has 29 heavy (non-hydrogen) atoms. The summed E-state index contributed by atoms with van der Waals surface area (Å²) in [6.45, 7) is 6.91. The molecule has 1 aromatic heterocycles. The van der Waals surface area contributed by atoms with Gasteiger partial charge < -0.3 is 9.73 Å². The third-order valence-corrected chi connectivity index (χ3v) is 5.92. The van der Waals surface area contributed by atoms with E-state index in [0.717, 1.165) is 17.0 Å². The maximum Gasteiger partial charge on any atom is 0.293 e. The van der Waals surface area contributed by atoms with E-state index >= 15 is 0 Å². The molecule has 0 aliphatic rings. The molecule has 3 aromatic rings. The molecule has 1 atom stereocenters. The first-order chi connectivity index (χ1) is 13.5. The summed E-state index contributed by atoms with van der Waals surface area (Å²) in [5.41, 5.74) is -0.108. The van der Waals surface area contributed by atoms with Crippen molar-refractivity contribution in [3.63, 3.8) is 0 Å². The lowest BCUT2D eigenvalue weighted by atomic mass is 10.1. The molecule has 0 radical (unpaired) electrons. The van der Waals surface area contributed by atoms with Crippen LogP contribution in [-0.4, -0.2) is 18.9 Å². The number of hydrogen-bond acceptors (Lipinski definition) is 6. The van der Waals surface area contributed by atoms with Crippen molar-refractivity contribution in [1.82, 2.24) is 4.72 Å². The van der Waals surface area contributed by atoms with Gasteiger partial charge in [-0.3, -0.25) is 10.1 Å². The van der Waals surface area contributed by atoms with E-state index in [1.54, 1.807) is 20.8 Å². The minimum atomic E-state index is -3.89. The smallest absolute Gasteiger partial charge is 0.293 e. The summed E-state index contributed by atoms with van der Waals surface area (Å²) in [7, 11) is -3.89. The molecule has 0 saturated heterocycles. The molecule has 8 nitrogen and oxygen atoms in total. The van der Waals surface area contributed by atoms with Gasteiger partial charge in [-0.15, -0.1) is 0 Å². The Labute approximate surface area is 169 Å². The Kier molecular flexibility index (Phi) is 5.38. The summed E-state index contributed by atoms with van der Waals surface area (Å²) in [4.78, 5) is 10.8.